The first-order valence-electron chi connectivity index (χ1n) is 4.50. The SMILES string of the molecule is C=C(C)c1c(F)c(F)c(S)c(F)c1C(=C)C. The Bertz CT molecular complexity index is 445. The van der Waals surface area contributed by atoms with Gasteiger partial charge < -0.3 is 0 Å². The van der Waals surface area contributed by atoms with Gasteiger partial charge >= 0.3 is 0 Å². The predicted molar refractivity (Wildman–Crippen MR) is 63.0 cm³/mol. The van der Waals surface area contributed by atoms with Crippen LogP contribution in [0.2, 0.25) is 0 Å². The van der Waals surface area contributed by atoms with Crippen molar-refractivity contribution < 1.29 is 13.2 Å². The average molecular weight is 244 g/mol. The van der Waals surface area contributed by atoms with Crippen LogP contribution in [0.15, 0.2) is 18.1 Å². The molecule has 0 aromatic heterocycles. The summed E-state index contributed by atoms with van der Waals surface area (Å²) in [7, 11) is 0. The zero-order valence-electron chi connectivity index (χ0n) is 9.00. The minimum atomic E-state index is -1.30. The predicted octanol–water partition coefficient (Wildman–Crippen LogP) is 4.46. The van der Waals surface area contributed by atoms with Gasteiger partial charge in [-0.05, 0) is 25.0 Å². The highest BCUT2D eigenvalue weighted by Gasteiger charge is 2.23. The van der Waals surface area contributed by atoms with Crippen LogP contribution in [-0.2, 0) is 0 Å². The third kappa shape index (κ3) is 1.89. The molecule has 0 bridgehead atoms. The van der Waals surface area contributed by atoms with Gasteiger partial charge in [-0.3, -0.25) is 0 Å². The van der Waals surface area contributed by atoms with Crippen LogP contribution in [0.25, 0.3) is 11.1 Å². The lowest BCUT2D eigenvalue weighted by Crippen LogP contribution is -2.04. The van der Waals surface area contributed by atoms with Gasteiger partial charge in [0.25, 0.3) is 0 Å². The number of hydrogen-bond donors (Lipinski definition) is 1. The molecule has 0 atom stereocenters. The molecule has 16 heavy (non-hydrogen) atoms. The van der Waals surface area contributed by atoms with Crippen molar-refractivity contribution in [3.05, 3.63) is 41.7 Å². The molecule has 1 aromatic rings. The molecule has 0 N–H and O–H groups in total. The maximum Gasteiger partial charge on any atom is 0.175 e. The van der Waals surface area contributed by atoms with E-state index in [4.69, 9.17) is 0 Å². The molecule has 1 aromatic carbocycles. The smallest absolute Gasteiger partial charge is 0.175 e. The molecule has 4 heteroatoms. The fourth-order valence-electron chi connectivity index (χ4n) is 1.45. The molecule has 1 rings (SSSR count). The largest absolute Gasteiger partial charge is 0.205 e. The molecule has 0 unspecified atom stereocenters. The lowest BCUT2D eigenvalue weighted by Gasteiger charge is -2.14. The Morgan fingerprint density at radius 2 is 1.25 bits per heavy atom. The first-order chi connectivity index (χ1) is 7.29. The Morgan fingerprint density at radius 1 is 0.875 bits per heavy atom. The number of allylic oxidation sites excluding steroid dienone is 2. The van der Waals surface area contributed by atoms with Crippen molar-refractivity contribution in [3.8, 4) is 0 Å². The van der Waals surface area contributed by atoms with Crippen molar-refractivity contribution in [3.63, 3.8) is 0 Å². The Hall–Kier alpha value is -1.16. The summed E-state index contributed by atoms with van der Waals surface area (Å²) in [5, 5.41) is 0. The van der Waals surface area contributed by atoms with Crippen molar-refractivity contribution >= 4 is 23.8 Å². The maximum atomic E-state index is 13.7. The maximum absolute atomic E-state index is 13.7. The van der Waals surface area contributed by atoms with E-state index in [-0.39, 0.29) is 16.7 Å². The highest BCUT2D eigenvalue weighted by atomic mass is 32.1. The molecule has 0 aliphatic carbocycles. The Labute approximate surface area is 97.9 Å². The molecular formula is C12H11F3S. The van der Waals surface area contributed by atoms with Gasteiger partial charge in [0.05, 0.1) is 4.90 Å². The summed E-state index contributed by atoms with van der Waals surface area (Å²) in [5.74, 6) is -3.35. The first-order valence-corrected chi connectivity index (χ1v) is 4.94. The van der Waals surface area contributed by atoms with Crippen LogP contribution in [-0.4, -0.2) is 0 Å². The minimum absolute atomic E-state index is 0.0728. The second-order valence-electron chi connectivity index (χ2n) is 3.60. The molecule has 86 valence electrons. The van der Waals surface area contributed by atoms with E-state index >= 15 is 0 Å². The van der Waals surface area contributed by atoms with E-state index in [0.717, 1.165) is 0 Å². The van der Waals surface area contributed by atoms with E-state index < -0.39 is 22.3 Å². The first kappa shape index (κ1) is 12.9. The number of hydrogen-bond acceptors (Lipinski definition) is 1. The number of thiol groups is 1. The van der Waals surface area contributed by atoms with Crippen LogP contribution in [0.1, 0.15) is 25.0 Å². The summed E-state index contributed by atoms with van der Waals surface area (Å²) in [5.41, 5.74) is 0.281. The van der Waals surface area contributed by atoms with Crippen LogP contribution in [0.3, 0.4) is 0 Å². The number of halogens is 3. The average Bonchev–Trinajstić information content (AvgIpc) is 2.18. The second kappa shape index (κ2) is 4.37. The summed E-state index contributed by atoms with van der Waals surface area (Å²) in [4.78, 5) is -0.638. The molecule has 0 nitrogen and oxygen atoms in total. The lowest BCUT2D eigenvalue weighted by molar-refractivity contribution is 0.464. The molecule has 0 radical (unpaired) electrons. The third-order valence-electron chi connectivity index (χ3n) is 2.15. The van der Waals surface area contributed by atoms with Crippen molar-refractivity contribution in [1.29, 1.82) is 0 Å². The molecule has 0 saturated carbocycles. The molecule has 0 aliphatic rings. The van der Waals surface area contributed by atoms with Crippen LogP contribution >= 0.6 is 12.6 Å². The van der Waals surface area contributed by atoms with Gasteiger partial charge in [-0.2, -0.15) is 0 Å². The van der Waals surface area contributed by atoms with E-state index in [0.29, 0.717) is 5.57 Å². The van der Waals surface area contributed by atoms with Crippen LogP contribution in [0.4, 0.5) is 13.2 Å². The molecule has 0 amide bonds. The number of benzene rings is 1. The molecule has 0 heterocycles. The third-order valence-corrected chi connectivity index (χ3v) is 2.54. The van der Waals surface area contributed by atoms with Crippen molar-refractivity contribution in [2.75, 3.05) is 0 Å². The molecular weight excluding hydrogens is 233 g/mol. The summed E-state index contributed by atoms with van der Waals surface area (Å²) in [6.45, 7) is 10.0. The van der Waals surface area contributed by atoms with Gasteiger partial charge in [-0.1, -0.05) is 13.2 Å². The second-order valence-corrected chi connectivity index (χ2v) is 4.05. The fraction of sp³-hybridized carbons (Fsp3) is 0.167. The van der Waals surface area contributed by atoms with Crippen molar-refractivity contribution in [2.45, 2.75) is 18.7 Å². The highest BCUT2D eigenvalue weighted by molar-refractivity contribution is 7.80. The zero-order chi connectivity index (χ0) is 12.6. The summed E-state index contributed by atoms with van der Waals surface area (Å²) in [6, 6.07) is 0. The molecule has 0 fully saturated rings. The van der Waals surface area contributed by atoms with Crippen molar-refractivity contribution in [1.82, 2.24) is 0 Å². The van der Waals surface area contributed by atoms with E-state index in [1.165, 1.54) is 13.8 Å². The van der Waals surface area contributed by atoms with Crippen LogP contribution < -0.4 is 0 Å². The summed E-state index contributed by atoms with van der Waals surface area (Å²) < 4.78 is 40.6. The Kier molecular flexibility index (Phi) is 3.53. The van der Waals surface area contributed by atoms with E-state index in [9.17, 15) is 13.2 Å². The van der Waals surface area contributed by atoms with Gasteiger partial charge in [0.1, 0.15) is 5.82 Å². The van der Waals surface area contributed by atoms with Gasteiger partial charge in [-0.15, -0.1) is 12.6 Å². The minimum Gasteiger partial charge on any atom is -0.205 e. The topological polar surface area (TPSA) is 0 Å². The Balaban J connectivity index is 3.83. The van der Waals surface area contributed by atoms with Crippen LogP contribution in [0, 0.1) is 17.5 Å². The quantitative estimate of drug-likeness (QED) is 0.576. The van der Waals surface area contributed by atoms with Crippen LogP contribution in [0.5, 0.6) is 0 Å². The van der Waals surface area contributed by atoms with E-state index in [1.54, 1.807) is 0 Å². The number of rotatable bonds is 2. The zero-order valence-corrected chi connectivity index (χ0v) is 9.89. The normalized spacial score (nSPS) is 10.4. The van der Waals surface area contributed by atoms with E-state index in [2.05, 4.69) is 25.8 Å². The monoisotopic (exact) mass is 244 g/mol. The highest BCUT2D eigenvalue weighted by Crippen LogP contribution is 2.34. The molecule has 0 saturated heterocycles. The van der Waals surface area contributed by atoms with Crippen molar-refractivity contribution in [2.24, 2.45) is 0 Å². The standard InChI is InChI=1S/C12H11F3S/c1-5(2)7-8(6(3)4)10(14)12(16)11(15)9(7)13/h16H,1,3H2,2,4H3. The van der Waals surface area contributed by atoms with Gasteiger partial charge in [0.2, 0.25) is 0 Å². The lowest BCUT2D eigenvalue weighted by atomic mass is 9.96. The Morgan fingerprint density at radius 3 is 1.62 bits per heavy atom. The van der Waals surface area contributed by atoms with E-state index in [1.807, 2.05) is 0 Å². The van der Waals surface area contributed by atoms with Gasteiger partial charge in [0.15, 0.2) is 11.6 Å². The van der Waals surface area contributed by atoms with Gasteiger partial charge in [-0.25, -0.2) is 13.2 Å². The molecule has 0 aliphatic heterocycles. The molecule has 0 spiro atoms. The summed E-state index contributed by atoms with van der Waals surface area (Å²) >= 11 is 3.60. The summed E-state index contributed by atoms with van der Waals surface area (Å²) in [6.07, 6.45) is 0. The van der Waals surface area contributed by atoms with Gasteiger partial charge in [0, 0.05) is 11.1 Å². The fourth-order valence-corrected chi connectivity index (χ4v) is 1.66.